The zero-order valence-corrected chi connectivity index (χ0v) is 17.5. The number of hydrogen-bond donors (Lipinski definition) is 0. The fourth-order valence-corrected chi connectivity index (χ4v) is 4.93. The van der Waals surface area contributed by atoms with Crippen LogP contribution in [0.2, 0.25) is 0 Å². The molecule has 0 aliphatic carbocycles. The van der Waals surface area contributed by atoms with Crippen LogP contribution in [0.4, 0.5) is 0 Å². The molecule has 2 amide bonds. The minimum absolute atomic E-state index is 0.0114. The summed E-state index contributed by atoms with van der Waals surface area (Å²) in [5.74, 6) is 1.34. The first kappa shape index (κ1) is 19.1. The Morgan fingerprint density at radius 1 is 1.29 bits per heavy atom. The predicted molar refractivity (Wildman–Crippen MR) is 108 cm³/mol. The number of carbonyl (C=O) groups is 2. The van der Waals surface area contributed by atoms with Crippen LogP contribution in [0.25, 0.3) is 0 Å². The summed E-state index contributed by atoms with van der Waals surface area (Å²) < 4.78 is 0. The fraction of sp³-hybridized carbons (Fsp3) is 0.524. The molecule has 1 saturated heterocycles. The quantitative estimate of drug-likeness (QED) is 0.793. The summed E-state index contributed by atoms with van der Waals surface area (Å²) in [7, 11) is 0. The lowest BCUT2D eigenvalue weighted by Gasteiger charge is -2.29. The van der Waals surface area contributed by atoms with Gasteiger partial charge in [-0.2, -0.15) is 0 Å². The van der Waals surface area contributed by atoms with Crippen molar-refractivity contribution < 1.29 is 9.59 Å². The number of hydrogen-bond acceptors (Lipinski definition) is 5. The molecule has 1 fully saturated rings. The van der Waals surface area contributed by atoms with Gasteiger partial charge in [-0.05, 0) is 24.8 Å². The highest BCUT2D eigenvalue weighted by atomic mass is 32.1. The predicted octanol–water partition coefficient (Wildman–Crippen LogP) is 3.54. The van der Waals surface area contributed by atoms with Crippen LogP contribution >= 0.6 is 11.3 Å². The molecule has 7 heteroatoms. The summed E-state index contributed by atoms with van der Waals surface area (Å²) in [5, 5.41) is 1.96. The van der Waals surface area contributed by atoms with Crippen molar-refractivity contribution >= 4 is 23.2 Å². The second-order valence-electron chi connectivity index (χ2n) is 7.94. The highest BCUT2D eigenvalue weighted by Crippen LogP contribution is 2.31. The summed E-state index contributed by atoms with van der Waals surface area (Å²) in [6, 6.07) is 2.01. The first-order valence-corrected chi connectivity index (χ1v) is 10.8. The van der Waals surface area contributed by atoms with Crippen LogP contribution in [-0.4, -0.2) is 44.7 Å². The zero-order chi connectivity index (χ0) is 19.8. The number of likely N-dealkylation sites (tertiary alicyclic amines) is 1. The van der Waals surface area contributed by atoms with Crippen LogP contribution in [0.1, 0.15) is 77.9 Å². The van der Waals surface area contributed by atoms with E-state index in [0.29, 0.717) is 19.0 Å². The van der Waals surface area contributed by atoms with Crippen LogP contribution in [0.5, 0.6) is 0 Å². The van der Waals surface area contributed by atoms with E-state index in [2.05, 4.69) is 18.8 Å². The Bertz CT molecular complexity index is 908. The fourth-order valence-electron chi connectivity index (χ4n) is 4.03. The lowest BCUT2D eigenvalue weighted by molar-refractivity contribution is -0.129. The van der Waals surface area contributed by atoms with Crippen molar-refractivity contribution in [1.29, 1.82) is 0 Å². The first-order chi connectivity index (χ1) is 13.4. The Hall–Kier alpha value is -2.28. The molecule has 0 aromatic carbocycles. The first-order valence-electron chi connectivity index (χ1n) is 9.93. The molecule has 28 heavy (non-hydrogen) atoms. The van der Waals surface area contributed by atoms with Crippen molar-refractivity contribution in [1.82, 2.24) is 19.8 Å². The molecule has 0 spiro atoms. The summed E-state index contributed by atoms with van der Waals surface area (Å²) in [4.78, 5) is 39.1. The Kier molecular flexibility index (Phi) is 5.19. The lowest BCUT2D eigenvalue weighted by atomic mass is 10.1. The van der Waals surface area contributed by atoms with Crippen LogP contribution in [0.15, 0.2) is 17.6 Å². The molecule has 0 N–H and O–H groups in total. The van der Waals surface area contributed by atoms with Crippen LogP contribution in [-0.2, 0) is 17.8 Å². The summed E-state index contributed by atoms with van der Waals surface area (Å²) in [5.41, 5.74) is 2.80. The molecule has 2 aromatic heterocycles. The van der Waals surface area contributed by atoms with Gasteiger partial charge in [-0.15, -0.1) is 11.3 Å². The topological polar surface area (TPSA) is 66.4 Å². The van der Waals surface area contributed by atoms with Gasteiger partial charge in [0, 0.05) is 55.0 Å². The minimum Gasteiger partial charge on any atom is -0.334 e. The molecule has 2 aliphatic heterocycles. The average Bonchev–Trinajstić information content (AvgIpc) is 3.36. The SMILES string of the molecule is CC(=O)N1CCCC1c1ncc2c(n1)CCN(C(=O)c1csc(C(C)C)c1)C2. The number of rotatable bonds is 3. The largest absolute Gasteiger partial charge is 0.334 e. The second kappa shape index (κ2) is 7.62. The third-order valence-electron chi connectivity index (χ3n) is 5.63. The zero-order valence-electron chi connectivity index (χ0n) is 16.6. The molecule has 4 rings (SSSR count). The van der Waals surface area contributed by atoms with Crippen molar-refractivity contribution in [2.24, 2.45) is 0 Å². The molecule has 148 valence electrons. The number of thiophene rings is 1. The molecule has 0 radical (unpaired) electrons. The second-order valence-corrected chi connectivity index (χ2v) is 8.88. The Balaban J connectivity index is 1.50. The van der Waals surface area contributed by atoms with Gasteiger partial charge >= 0.3 is 0 Å². The van der Waals surface area contributed by atoms with Gasteiger partial charge in [0.25, 0.3) is 5.91 Å². The van der Waals surface area contributed by atoms with Gasteiger partial charge in [-0.25, -0.2) is 9.97 Å². The lowest BCUT2D eigenvalue weighted by Crippen LogP contribution is -2.37. The maximum atomic E-state index is 12.9. The Morgan fingerprint density at radius 2 is 2.11 bits per heavy atom. The van der Waals surface area contributed by atoms with E-state index in [4.69, 9.17) is 4.98 Å². The monoisotopic (exact) mass is 398 g/mol. The van der Waals surface area contributed by atoms with E-state index in [-0.39, 0.29) is 17.9 Å². The van der Waals surface area contributed by atoms with Crippen LogP contribution in [0, 0.1) is 0 Å². The van der Waals surface area contributed by atoms with Crippen molar-refractivity contribution in [3.05, 3.63) is 45.2 Å². The molecule has 1 atom stereocenters. The number of aromatic nitrogens is 2. The molecule has 1 unspecified atom stereocenters. The van der Waals surface area contributed by atoms with Crippen molar-refractivity contribution in [2.75, 3.05) is 13.1 Å². The maximum Gasteiger partial charge on any atom is 0.255 e. The van der Waals surface area contributed by atoms with Gasteiger partial charge in [0.2, 0.25) is 5.91 Å². The van der Waals surface area contributed by atoms with E-state index >= 15 is 0 Å². The Labute approximate surface area is 169 Å². The smallest absolute Gasteiger partial charge is 0.255 e. The van der Waals surface area contributed by atoms with Crippen LogP contribution < -0.4 is 0 Å². The summed E-state index contributed by atoms with van der Waals surface area (Å²) in [6.45, 7) is 7.88. The van der Waals surface area contributed by atoms with Crippen LogP contribution in [0.3, 0.4) is 0 Å². The third kappa shape index (κ3) is 3.55. The minimum atomic E-state index is -0.0114. The molecule has 2 aliphatic rings. The third-order valence-corrected chi connectivity index (χ3v) is 6.86. The summed E-state index contributed by atoms with van der Waals surface area (Å²) in [6.07, 6.45) is 4.48. The van der Waals surface area contributed by atoms with E-state index in [0.717, 1.165) is 48.5 Å². The average molecular weight is 399 g/mol. The normalized spacial score (nSPS) is 19.2. The van der Waals surface area contributed by atoms with Gasteiger partial charge in [-0.3, -0.25) is 9.59 Å². The molecule has 4 heterocycles. The van der Waals surface area contributed by atoms with E-state index in [1.54, 1.807) is 18.3 Å². The van der Waals surface area contributed by atoms with Crippen molar-refractivity contribution in [3.8, 4) is 0 Å². The Morgan fingerprint density at radius 3 is 2.82 bits per heavy atom. The van der Waals surface area contributed by atoms with Gasteiger partial charge in [0.15, 0.2) is 5.82 Å². The van der Waals surface area contributed by atoms with Crippen molar-refractivity contribution in [3.63, 3.8) is 0 Å². The number of carbonyl (C=O) groups excluding carboxylic acids is 2. The summed E-state index contributed by atoms with van der Waals surface area (Å²) >= 11 is 1.65. The van der Waals surface area contributed by atoms with E-state index in [9.17, 15) is 9.59 Å². The van der Waals surface area contributed by atoms with Gasteiger partial charge in [0.05, 0.1) is 17.3 Å². The van der Waals surface area contributed by atoms with Gasteiger partial charge < -0.3 is 9.80 Å². The van der Waals surface area contributed by atoms with Crippen molar-refractivity contribution in [2.45, 2.75) is 58.5 Å². The highest BCUT2D eigenvalue weighted by Gasteiger charge is 2.31. The van der Waals surface area contributed by atoms with E-state index < -0.39 is 0 Å². The van der Waals surface area contributed by atoms with E-state index in [1.807, 2.05) is 27.4 Å². The molecule has 0 saturated carbocycles. The number of amides is 2. The molecule has 0 bridgehead atoms. The standard InChI is InChI=1S/C21H26N4O2S/c1-13(2)19-9-15(12-28-19)21(27)24-8-6-17-16(11-24)10-22-20(23-17)18-5-4-7-25(18)14(3)26/h9-10,12-13,18H,4-8,11H2,1-3H3. The maximum absolute atomic E-state index is 12.9. The van der Waals surface area contributed by atoms with Gasteiger partial charge in [-0.1, -0.05) is 13.8 Å². The molecular formula is C21H26N4O2S. The highest BCUT2D eigenvalue weighted by molar-refractivity contribution is 7.10. The number of fused-ring (bicyclic) bond motifs is 1. The number of nitrogens with zero attached hydrogens (tertiary/aromatic N) is 4. The van der Waals surface area contributed by atoms with E-state index in [1.165, 1.54) is 4.88 Å². The molecule has 2 aromatic rings. The molecule has 6 nitrogen and oxygen atoms in total. The molecular weight excluding hydrogens is 372 g/mol. The van der Waals surface area contributed by atoms with Gasteiger partial charge in [0.1, 0.15) is 0 Å².